The van der Waals surface area contributed by atoms with Gasteiger partial charge in [0, 0.05) is 36.6 Å². The average Bonchev–Trinajstić information content (AvgIpc) is 3.28. The Morgan fingerprint density at radius 3 is 3.03 bits per heavy atom. The lowest BCUT2D eigenvalue weighted by Gasteiger charge is -2.25. The predicted octanol–water partition coefficient (Wildman–Crippen LogP) is 3.01. The van der Waals surface area contributed by atoms with Gasteiger partial charge in [-0.2, -0.15) is 0 Å². The van der Waals surface area contributed by atoms with Gasteiger partial charge >= 0.3 is 0 Å². The van der Waals surface area contributed by atoms with Crippen LogP contribution in [0.3, 0.4) is 0 Å². The summed E-state index contributed by atoms with van der Waals surface area (Å²) in [6.07, 6.45) is 0.348. The molecule has 0 saturated carbocycles. The number of fused-ring (bicyclic) bond motifs is 1. The minimum absolute atomic E-state index is 0.0203. The first-order valence-corrected chi connectivity index (χ1v) is 10.3. The molecule has 2 aliphatic heterocycles. The number of rotatable bonds is 6. The quantitative estimate of drug-likeness (QED) is 0.579. The zero-order valence-corrected chi connectivity index (χ0v) is 17.0. The summed E-state index contributed by atoms with van der Waals surface area (Å²) in [5.41, 5.74) is 1.89. The molecule has 3 heterocycles. The van der Waals surface area contributed by atoms with Crippen molar-refractivity contribution < 1.29 is 9.18 Å². The molecule has 2 fully saturated rings. The molecule has 0 aliphatic carbocycles. The van der Waals surface area contributed by atoms with Gasteiger partial charge < -0.3 is 10.2 Å². The summed E-state index contributed by atoms with van der Waals surface area (Å²) in [6.45, 7) is 5.99. The van der Waals surface area contributed by atoms with E-state index in [-0.39, 0.29) is 24.5 Å². The predicted molar refractivity (Wildman–Crippen MR) is 115 cm³/mol. The molecule has 1 N–H and O–H groups in total. The molecule has 154 valence electrons. The number of pyridine rings is 1. The van der Waals surface area contributed by atoms with Gasteiger partial charge in [0.25, 0.3) is 0 Å². The van der Waals surface area contributed by atoms with Gasteiger partial charge in [-0.05, 0) is 43.5 Å². The van der Waals surface area contributed by atoms with Crippen molar-refractivity contribution in [2.24, 2.45) is 4.99 Å². The number of amides is 1. The number of nitrogens with one attached hydrogen (secondary N) is 1. The fourth-order valence-electron chi connectivity index (χ4n) is 4.29. The number of carbonyl (C=O) groups excluding carboxylic acids is 1. The number of halogens is 2. The summed E-state index contributed by atoms with van der Waals surface area (Å²) in [5.74, 6) is -0.0203. The summed E-state index contributed by atoms with van der Waals surface area (Å²) in [6, 6.07) is 9.85. The molecular formula is C21H25ClFN5O. The first kappa shape index (κ1) is 20.0. The number of aliphatic imine (C=N–C) groups is 1. The lowest BCUT2D eigenvalue weighted by molar-refractivity contribution is -0.133. The lowest BCUT2D eigenvalue weighted by Crippen LogP contribution is -2.43. The summed E-state index contributed by atoms with van der Waals surface area (Å²) in [5, 5.41) is 5.06. The maximum Gasteiger partial charge on any atom is 0.237 e. The molecule has 6 nitrogen and oxygen atoms in total. The highest BCUT2D eigenvalue weighted by molar-refractivity contribution is 6.29. The fraction of sp³-hybridized carbons (Fsp3) is 0.476. The third-order valence-corrected chi connectivity index (χ3v) is 5.89. The first-order valence-electron chi connectivity index (χ1n) is 9.93. The van der Waals surface area contributed by atoms with Gasteiger partial charge in [0.2, 0.25) is 5.91 Å². The SMILES string of the molecule is C=NC[C@@H]1C[C@H](F)CN1C(=O)CN1CC[C@@H](Nc2ccc3nc(Cl)ccc3c2)C1. The first-order chi connectivity index (χ1) is 14.0. The van der Waals surface area contributed by atoms with Gasteiger partial charge in [-0.3, -0.25) is 14.7 Å². The summed E-state index contributed by atoms with van der Waals surface area (Å²) < 4.78 is 13.8. The van der Waals surface area contributed by atoms with Crippen LogP contribution in [0, 0.1) is 0 Å². The number of hydrogen-bond donors (Lipinski definition) is 1. The van der Waals surface area contributed by atoms with Crippen molar-refractivity contribution in [2.75, 3.05) is 38.0 Å². The molecule has 29 heavy (non-hydrogen) atoms. The van der Waals surface area contributed by atoms with Gasteiger partial charge in [-0.1, -0.05) is 11.6 Å². The van der Waals surface area contributed by atoms with Crippen LogP contribution in [0.2, 0.25) is 5.15 Å². The molecule has 1 amide bonds. The number of alkyl halides is 1. The number of hydrogen-bond acceptors (Lipinski definition) is 5. The molecule has 1 aromatic heterocycles. The van der Waals surface area contributed by atoms with Gasteiger partial charge in [0.1, 0.15) is 11.3 Å². The van der Waals surface area contributed by atoms with Crippen LogP contribution in [0.1, 0.15) is 12.8 Å². The third-order valence-electron chi connectivity index (χ3n) is 5.68. The average molecular weight is 418 g/mol. The highest BCUT2D eigenvalue weighted by Crippen LogP contribution is 2.24. The maximum absolute atomic E-state index is 13.8. The van der Waals surface area contributed by atoms with Crippen molar-refractivity contribution >= 4 is 40.8 Å². The van der Waals surface area contributed by atoms with E-state index in [1.165, 1.54) is 0 Å². The molecule has 0 radical (unpaired) electrons. The van der Waals surface area contributed by atoms with E-state index in [2.05, 4.69) is 33.0 Å². The van der Waals surface area contributed by atoms with Crippen LogP contribution in [0.4, 0.5) is 10.1 Å². The Morgan fingerprint density at radius 2 is 2.21 bits per heavy atom. The van der Waals surface area contributed by atoms with Crippen molar-refractivity contribution in [3.8, 4) is 0 Å². The largest absolute Gasteiger partial charge is 0.381 e. The van der Waals surface area contributed by atoms with Crippen molar-refractivity contribution in [2.45, 2.75) is 31.1 Å². The molecule has 1 aromatic carbocycles. The highest BCUT2D eigenvalue weighted by Gasteiger charge is 2.36. The normalized spacial score (nSPS) is 24.9. The Hall–Kier alpha value is -2.25. The molecule has 8 heteroatoms. The molecule has 4 rings (SSSR count). The number of aromatic nitrogens is 1. The van der Waals surface area contributed by atoms with Crippen LogP contribution < -0.4 is 5.32 Å². The van der Waals surface area contributed by atoms with Gasteiger partial charge in [0.05, 0.1) is 31.2 Å². The molecule has 2 aliphatic rings. The van der Waals surface area contributed by atoms with Crippen molar-refractivity contribution in [1.82, 2.24) is 14.8 Å². The zero-order valence-electron chi connectivity index (χ0n) is 16.2. The number of likely N-dealkylation sites (tertiary alicyclic amines) is 2. The van der Waals surface area contributed by atoms with Crippen LogP contribution in [0.5, 0.6) is 0 Å². The molecule has 0 spiro atoms. The Bertz CT molecular complexity index is 910. The monoisotopic (exact) mass is 417 g/mol. The number of nitrogens with zero attached hydrogens (tertiary/aromatic N) is 4. The summed E-state index contributed by atoms with van der Waals surface area (Å²) in [7, 11) is 0. The van der Waals surface area contributed by atoms with Crippen LogP contribution in [-0.2, 0) is 4.79 Å². The second-order valence-corrected chi connectivity index (χ2v) is 8.23. The smallest absolute Gasteiger partial charge is 0.237 e. The summed E-state index contributed by atoms with van der Waals surface area (Å²) in [4.78, 5) is 24.6. The maximum atomic E-state index is 13.8. The molecular weight excluding hydrogens is 393 g/mol. The minimum atomic E-state index is -0.962. The highest BCUT2D eigenvalue weighted by atomic mass is 35.5. The Labute approximate surface area is 174 Å². The second-order valence-electron chi connectivity index (χ2n) is 7.85. The fourth-order valence-corrected chi connectivity index (χ4v) is 4.44. The molecule has 3 atom stereocenters. The lowest BCUT2D eigenvalue weighted by atomic mass is 10.2. The van der Waals surface area contributed by atoms with Crippen LogP contribution in [0.15, 0.2) is 35.3 Å². The molecule has 2 aromatic rings. The summed E-state index contributed by atoms with van der Waals surface area (Å²) >= 11 is 5.94. The van der Waals surface area contributed by atoms with E-state index in [1.54, 1.807) is 11.0 Å². The molecule has 2 saturated heterocycles. The zero-order chi connectivity index (χ0) is 20.4. The Kier molecular flexibility index (Phi) is 5.96. The number of carbonyl (C=O) groups is 1. The standard InChI is InChI=1S/C21H25ClFN5O/c1-24-10-18-9-15(23)11-28(18)21(29)13-27-7-6-17(12-27)25-16-3-4-19-14(8-16)2-5-20(22)26-19/h2-5,8,15,17-18,25H,1,6-7,9-13H2/t15-,17+,18-/m0/s1. The van der Waals surface area contributed by atoms with Crippen molar-refractivity contribution in [1.29, 1.82) is 0 Å². The van der Waals surface area contributed by atoms with Crippen molar-refractivity contribution in [3.05, 3.63) is 35.5 Å². The van der Waals surface area contributed by atoms with Crippen LogP contribution in [-0.4, -0.2) is 78.4 Å². The minimum Gasteiger partial charge on any atom is -0.381 e. The molecule has 0 bridgehead atoms. The second kappa shape index (κ2) is 8.63. The van der Waals surface area contributed by atoms with Gasteiger partial charge in [-0.25, -0.2) is 9.37 Å². The van der Waals surface area contributed by atoms with Gasteiger partial charge in [0.15, 0.2) is 0 Å². The van der Waals surface area contributed by atoms with E-state index >= 15 is 0 Å². The topological polar surface area (TPSA) is 60.8 Å². The Balaban J connectivity index is 1.33. The van der Waals surface area contributed by atoms with E-state index in [0.717, 1.165) is 36.1 Å². The van der Waals surface area contributed by atoms with Crippen LogP contribution >= 0.6 is 11.6 Å². The Morgan fingerprint density at radius 1 is 1.34 bits per heavy atom. The van der Waals surface area contributed by atoms with Gasteiger partial charge in [-0.15, -0.1) is 0 Å². The van der Waals surface area contributed by atoms with E-state index in [9.17, 15) is 9.18 Å². The third kappa shape index (κ3) is 4.67. The van der Waals surface area contributed by atoms with E-state index in [4.69, 9.17) is 11.6 Å². The number of benzene rings is 1. The van der Waals surface area contributed by atoms with E-state index in [1.807, 2.05) is 18.2 Å². The van der Waals surface area contributed by atoms with E-state index in [0.29, 0.717) is 24.7 Å². The van der Waals surface area contributed by atoms with Crippen LogP contribution in [0.25, 0.3) is 10.9 Å². The number of anilines is 1. The molecule has 0 unspecified atom stereocenters. The van der Waals surface area contributed by atoms with E-state index < -0.39 is 6.17 Å². The van der Waals surface area contributed by atoms with Crippen molar-refractivity contribution in [3.63, 3.8) is 0 Å².